The quantitative estimate of drug-likeness (QED) is 0.193. The second-order valence-corrected chi connectivity index (χ2v) is 11.1. The second-order valence-electron chi connectivity index (χ2n) is 11.1. The van der Waals surface area contributed by atoms with Gasteiger partial charge in [0.15, 0.2) is 0 Å². The van der Waals surface area contributed by atoms with Gasteiger partial charge in [-0.15, -0.1) is 0 Å². The van der Waals surface area contributed by atoms with Crippen LogP contribution in [0.2, 0.25) is 0 Å². The van der Waals surface area contributed by atoms with E-state index in [4.69, 9.17) is 4.74 Å². The summed E-state index contributed by atoms with van der Waals surface area (Å²) in [5.74, 6) is 1.46. The number of rotatable bonds is 11. The van der Waals surface area contributed by atoms with Crippen LogP contribution in [0.4, 0.5) is 11.4 Å². The fourth-order valence-corrected chi connectivity index (χ4v) is 5.44. The predicted octanol–water partition coefficient (Wildman–Crippen LogP) is 6.14. The van der Waals surface area contributed by atoms with Gasteiger partial charge in [-0.05, 0) is 74.2 Å². The number of ether oxygens (including phenoxy) is 1. The van der Waals surface area contributed by atoms with Gasteiger partial charge in [0.05, 0.1) is 17.4 Å². The van der Waals surface area contributed by atoms with E-state index in [-0.39, 0.29) is 0 Å². The number of hydrogen-bond acceptors (Lipinski definition) is 7. The van der Waals surface area contributed by atoms with E-state index in [0.29, 0.717) is 18.2 Å². The molecule has 5 rings (SSSR count). The molecule has 0 amide bonds. The molecule has 1 fully saturated rings. The molecule has 8 heteroatoms. The molecule has 0 radical (unpaired) electrons. The number of hydrogen-bond donors (Lipinski definition) is 3. The monoisotopic (exact) mass is 549 g/mol. The van der Waals surface area contributed by atoms with Crippen molar-refractivity contribution in [2.45, 2.75) is 39.7 Å². The molecule has 0 aliphatic carbocycles. The van der Waals surface area contributed by atoms with E-state index in [1.165, 1.54) is 32.5 Å². The highest BCUT2D eigenvalue weighted by molar-refractivity contribution is 5.90. The van der Waals surface area contributed by atoms with Gasteiger partial charge in [0, 0.05) is 66.1 Å². The number of H-pyrrole nitrogens is 1. The van der Waals surface area contributed by atoms with E-state index >= 15 is 0 Å². The van der Waals surface area contributed by atoms with Crippen LogP contribution in [0.5, 0.6) is 5.75 Å². The van der Waals surface area contributed by atoms with Crippen molar-refractivity contribution in [2.24, 2.45) is 5.92 Å². The number of fused-ring (bicyclic) bond motifs is 1. The molecule has 1 aromatic carbocycles. The molecule has 1 aliphatic rings. The summed E-state index contributed by atoms with van der Waals surface area (Å²) in [5, 5.41) is 18.1. The highest BCUT2D eigenvalue weighted by Gasteiger charge is 2.19. The first-order valence-electron chi connectivity index (χ1n) is 14.4. The van der Waals surface area contributed by atoms with Gasteiger partial charge in [-0.25, -0.2) is 0 Å². The molecule has 41 heavy (non-hydrogen) atoms. The number of aromatic amines is 1. The molecule has 1 aliphatic heterocycles. The van der Waals surface area contributed by atoms with Crippen LogP contribution in [0.25, 0.3) is 23.1 Å². The average molecular weight is 550 g/mol. The van der Waals surface area contributed by atoms with Crippen LogP contribution in [0.15, 0.2) is 55.2 Å². The van der Waals surface area contributed by atoms with Crippen molar-refractivity contribution in [3.8, 4) is 11.8 Å². The van der Waals surface area contributed by atoms with Crippen LogP contribution in [0.3, 0.4) is 0 Å². The maximum atomic E-state index is 9.79. The van der Waals surface area contributed by atoms with E-state index in [1.54, 1.807) is 24.8 Å². The van der Waals surface area contributed by atoms with Crippen LogP contribution in [0, 0.1) is 24.2 Å². The lowest BCUT2D eigenvalue weighted by Gasteiger charge is -2.33. The Balaban J connectivity index is 1.19. The number of aromatic nitrogens is 3. The standard InChI is InChI=1S/C33H39N7O/c1-23(2)22-40-13-9-28(10-14-40)37-12-15-41-29-16-25(18-35-21-29)4-5-26-19-36-20-27(17-34)33(26)39-31-6-7-32-30(24(31)3)8-11-38-32/h4-8,11,16,18-21,23,28,37-38H,9-10,12-15,22H2,1-3H3,(H,36,39)/b5-4+. The van der Waals surface area contributed by atoms with E-state index < -0.39 is 0 Å². The van der Waals surface area contributed by atoms with E-state index in [9.17, 15) is 5.26 Å². The first kappa shape index (κ1) is 28.3. The number of likely N-dealkylation sites (tertiary alicyclic amines) is 1. The average Bonchev–Trinajstić information content (AvgIpc) is 3.47. The SMILES string of the molecule is Cc1c(Nc2c(C#N)cncc2/C=C/c2cncc(OCCNC3CCN(CC(C)C)CC3)c2)ccc2[nH]ccc12. The van der Waals surface area contributed by atoms with Gasteiger partial charge in [0.1, 0.15) is 18.4 Å². The third kappa shape index (κ3) is 7.31. The summed E-state index contributed by atoms with van der Waals surface area (Å²) in [5.41, 5.74) is 6.06. The van der Waals surface area contributed by atoms with Gasteiger partial charge in [-0.2, -0.15) is 5.26 Å². The van der Waals surface area contributed by atoms with Crippen LogP contribution in [-0.4, -0.2) is 58.7 Å². The van der Waals surface area contributed by atoms with Crippen molar-refractivity contribution in [1.82, 2.24) is 25.2 Å². The van der Waals surface area contributed by atoms with Crippen LogP contribution in [-0.2, 0) is 0 Å². The number of benzene rings is 1. The molecule has 8 nitrogen and oxygen atoms in total. The van der Waals surface area contributed by atoms with Crippen molar-refractivity contribution in [2.75, 3.05) is 38.1 Å². The normalized spacial score (nSPS) is 14.6. The van der Waals surface area contributed by atoms with Gasteiger partial charge in [-0.1, -0.05) is 26.0 Å². The number of nitrogens with one attached hydrogen (secondary N) is 3. The summed E-state index contributed by atoms with van der Waals surface area (Å²) in [6.07, 6.45) is 15.1. The minimum Gasteiger partial charge on any atom is -0.491 e. The Bertz CT molecular complexity index is 1530. The maximum Gasteiger partial charge on any atom is 0.138 e. The molecular formula is C33H39N7O. The van der Waals surface area contributed by atoms with Gasteiger partial charge in [0.25, 0.3) is 0 Å². The number of anilines is 2. The van der Waals surface area contributed by atoms with Gasteiger partial charge >= 0.3 is 0 Å². The maximum absolute atomic E-state index is 9.79. The van der Waals surface area contributed by atoms with Crippen molar-refractivity contribution in [1.29, 1.82) is 5.26 Å². The number of nitrogens with zero attached hydrogens (tertiary/aromatic N) is 4. The second kappa shape index (κ2) is 13.4. The molecule has 4 aromatic rings. The van der Waals surface area contributed by atoms with Crippen molar-refractivity contribution in [3.05, 3.63) is 77.5 Å². The molecular weight excluding hydrogens is 510 g/mol. The van der Waals surface area contributed by atoms with Crippen LogP contribution in [0.1, 0.15) is 48.9 Å². The number of aryl methyl sites for hydroxylation is 1. The van der Waals surface area contributed by atoms with Gasteiger partial charge in [-0.3, -0.25) is 9.97 Å². The Morgan fingerprint density at radius 2 is 1.95 bits per heavy atom. The number of nitriles is 1. The summed E-state index contributed by atoms with van der Waals surface area (Å²) in [4.78, 5) is 14.5. The Labute approximate surface area is 242 Å². The number of pyridine rings is 2. The molecule has 0 unspecified atom stereocenters. The first-order chi connectivity index (χ1) is 20.0. The highest BCUT2D eigenvalue weighted by atomic mass is 16.5. The predicted molar refractivity (Wildman–Crippen MR) is 166 cm³/mol. The van der Waals surface area contributed by atoms with E-state index in [2.05, 4.69) is 63.4 Å². The molecule has 3 aromatic heterocycles. The summed E-state index contributed by atoms with van der Waals surface area (Å²) < 4.78 is 6.00. The van der Waals surface area contributed by atoms with Crippen molar-refractivity contribution < 1.29 is 4.74 Å². The first-order valence-corrected chi connectivity index (χ1v) is 14.4. The van der Waals surface area contributed by atoms with Crippen molar-refractivity contribution >= 4 is 34.4 Å². The number of piperidine rings is 1. The van der Waals surface area contributed by atoms with Gasteiger partial charge in [0.2, 0.25) is 0 Å². The highest BCUT2D eigenvalue weighted by Crippen LogP contribution is 2.31. The molecule has 0 bridgehead atoms. The summed E-state index contributed by atoms with van der Waals surface area (Å²) in [6.45, 7) is 11.6. The molecule has 212 valence electrons. The Morgan fingerprint density at radius 3 is 2.76 bits per heavy atom. The summed E-state index contributed by atoms with van der Waals surface area (Å²) in [7, 11) is 0. The molecule has 0 atom stereocenters. The molecule has 0 spiro atoms. The zero-order chi connectivity index (χ0) is 28.6. The summed E-state index contributed by atoms with van der Waals surface area (Å²) >= 11 is 0. The molecule has 1 saturated heterocycles. The van der Waals surface area contributed by atoms with Gasteiger partial charge < -0.3 is 25.3 Å². The van der Waals surface area contributed by atoms with Crippen LogP contribution >= 0.6 is 0 Å². The zero-order valence-electron chi connectivity index (χ0n) is 24.2. The zero-order valence-corrected chi connectivity index (χ0v) is 24.2. The third-order valence-electron chi connectivity index (χ3n) is 7.56. The largest absolute Gasteiger partial charge is 0.491 e. The Hall–Kier alpha value is -4.19. The van der Waals surface area contributed by atoms with Crippen molar-refractivity contribution in [3.63, 3.8) is 0 Å². The minimum absolute atomic E-state index is 0.481. The fourth-order valence-electron chi connectivity index (χ4n) is 5.44. The lowest BCUT2D eigenvalue weighted by Crippen LogP contribution is -2.44. The fraction of sp³-hybridized carbons (Fsp3) is 0.364. The lowest BCUT2D eigenvalue weighted by atomic mass is 10.0. The summed E-state index contributed by atoms with van der Waals surface area (Å²) in [6, 6.07) is 10.9. The Kier molecular flexibility index (Phi) is 9.29. The van der Waals surface area contributed by atoms with E-state index in [1.807, 2.05) is 36.5 Å². The minimum atomic E-state index is 0.481. The lowest BCUT2D eigenvalue weighted by molar-refractivity contribution is 0.176. The molecule has 3 N–H and O–H groups in total. The van der Waals surface area contributed by atoms with E-state index in [0.717, 1.165) is 57.2 Å². The smallest absolute Gasteiger partial charge is 0.138 e. The Morgan fingerprint density at radius 1 is 1.12 bits per heavy atom. The van der Waals surface area contributed by atoms with Crippen LogP contribution < -0.4 is 15.4 Å². The molecule has 4 heterocycles. The molecule has 0 saturated carbocycles. The topological polar surface area (TPSA) is 102 Å². The third-order valence-corrected chi connectivity index (χ3v) is 7.56.